The average Bonchev–Trinajstić information content (AvgIpc) is 4.05. The molecule has 3 aliphatic heterocycles. The van der Waals surface area contributed by atoms with Gasteiger partial charge in [0.2, 0.25) is 23.6 Å². The third-order valence-electron chi connectivity index (χ3n) is 11.4. The molecular weight excluding hydrogens is 715 g/mol. The van der Waals surface area contributed by atoms with Crippen LogP contribution in [-0.2, 0) is 20.8 Å². The van der Waals surface area contributed by atoms with Crippen LogP contribution in [0, 0.1) is 0 Å². The number of aliphatic imine (C=N–C) groups is 1. The van der Waals surface area contributed by atoms with E-state index >= 15 is 0 Å². The monoisotopic (exact) mass is 763 g/mol. The normalized spacial score (nSPS) is 18.8. The molecule has 3 amide bonds. The van der Waals surface area contributed by atoms with E-state index < -0.39 is 12.1 Å². The predicted molar refractivity (Wildman–Crippen MR) is 222 cm³/mol. The molecule has 0 saturated carbocycles. The van der Waals surface area contributed by atoms with E-state index in [-0.39, 0.29) is 29.8 Å². The predicted octanol–water partition coefficient (Wildman–Crippen LogP) is 7.16. The fourth-order valence-corrected chi connectivity index (χ4v) is 8.64. The number of nitrogens with zero attached hydrogens (tertiary/aromatic N) is 6. The van der Waals surface area contributed by atoms with Gasteiger partial charge in [-0.3, -0.25) is 29.2 Å². The van der Waals surface area contributed by atoms with E-state index in [0.29, 0.717) is 36.7 Å². The second-order valence-electron chi connectivity index (χ2n) is 15.7. The van der Waals surface area contributed by atoms with Crippen LogP contribution < -0.4 is 5.32 Å². The lowest BCUT2D eigenvalue weighted by atomic mass is 10.0. The van der Waals surface area contributed by atoms with Gasteiger partial charge in [-0.2, -0.15) is 0 Å². The lowest BCUT2D eigenvalue weighted by molar-refractivity contribution is -0.140. The van der Waals surface area contributed by atoms with E-state index in [0.717, 1.165) is 65.0 Å². The van der Waals surface area contributed by atoms with Gasteiger partial charge in [0.1, 0.15) is 18.1 Å². The molecule has 5 aromatic rings. The molecule has 4 aromatic carbocycles. The van der Waals surface area contributed by atoms with Gasteiger partial charge in [-0.15, -0.1) is 0 Å². The smallest absolute Gasteiger partial charge is 0.247 e. The van der Waals surface area contributed by atoms with Crippen molar-refractivity contribution in [1.29, 1.82) is 0 Å². The molecule has 0 unspecified atom stereocenters. The number of anilines is 1. The van der Waals surface area contributed by atoms with Gasteiger partial charge in [0.15, 0.2) is 5.76 Å². The Kier molecular flexibility index (Phi) is 10.9. The van der Waals surface area contributed by atoms with E-state index in [1.807, 2.05) is 140 Å². The molecule has 1 aromatic heterocycles. The van der Waals surface area contributed by atoms with Gasteiger partial charge >= 0.3 is 0 Å². The van der Waals surface area contributed by atoms with Crippen LogP contribution in [0.4, 0.5) is 11.4 Å². The highest BCUT2D eigenvalue weighted by atomic mass is 16.4. The summed E-state index contributed by atoms with van der Waals surface area (Å²) in [5.74, 6) is 0.853. The molecule has 8 rings (SSSR count). The van der Waals surface area contributed by atoms with Crippen molar-refractivity contribution in [2.75, 3.05) is 46.6 Å². The number of nitrogens with one attached hydrogen (secondary N) is 1. The minimum atomic E-state index is -0.561. The van der Waals surface area contributed by atoms with Crippen molar-refractivity contribution >= 4 is 34.8 Å². The molecule has 0 bridgehead atoms. The van der Waals surface area contributed by atoms with E-state index in [1.54, 1.807) is 11.1 Å². The number of oxazole rings is 1. The number of likely N-dealkylation sites (N-methyl/N-ethyl adjacent to an activating group) is 2. The minimum Gasteiger partial charge on any atom is -0.436 e. The van der Waals surface area contributed by atoms with Crippen LogP contribution in [0.25, 0.3) is 22.8 Å². The highest BCUT2D eigenvalue weighted by molar-refractivity contribution is 6.01. The van der Waals surface area contributed by atoms with Gasteiger partial charge in [-0.1, -0.05) is 78.9 Å². The standard InChI is InChI=1S/C46H49N7O4/c1-50(2)41(30-14-7-5-8-15-30)45(55)52-24-12-20-38(52)37-27-32-22-23-34(28-36(32)49-37)44-47-29-40(57-44)33-18-11-19-35(26-33)48-43(54)39-21-13-25-53(39)46(56)42(51(3)4)31-16-9-6-10-17-31/h5-11,14-19,22-23,26,28-29,38-39,41-42H,12-13,20-21,24-25,27H2,1-4H3,(H,48,54)/t38-,39-,41+,42+/m0/s1. The number of carbonyl (C=O) groups excluding carboxylic acids is 3. The van der Waals surface area contributed by atoms with Crippen LogP contribution in [-0.4, -0.2) is 101 Å². The molecule has 292 valence electrons. The Morgan fingerprint density at radius 3 is 2.07 bits per heavy atom. The highest BCUT2D eigenvalue weighted by Crippen LogP contribution is 2.37. The zero-order chi connectivity index (χ0) is 39.6. The van der Waals surface area contributed by atoms with Crippen molar-refractivity contribution in [2.45, 2.75) is 56.3 Å². The highest BCUT2D eigenvalue weighted by Gasteiger charge is 2.40. The molecule has 4 heterocycles. The lowest BCUT2D eigenvalue weighted by Gasteiger charge is -2.32. The van der Waals surface area contributed by atoms with Crippen LogP contribution in [0.2, 0.25) is 0 Å². The van der Waals surface area contributed by atoms with Crippen molar-refractivity contribution in [2.24, 2.45) is 4.99 Å². The maximum atomic E-state index is 14.0. The van der Waals surface area contributed by atoms with Crippen molar-refractivity contribution in [3.63, 3.8) is 0 Å². The van der Waals surface area contributed by atoms with Crippen molar-refractivity contribution in [3.8, 4) is 22.8 Å². The molecule has 11 nitrogen and oxygen atoms in total. The average molecular weight is 764 g/mol. The molecule has 11 heteroatoms. The number of likely N-dealkylation sites (tertiary alicyclic amines) is 2. The number of amides is 3. The summed E-state index contributed by atoms with van der Waals surface area (Å²) in [5, 5.41) is 3.06. The Labute approximate surface area is 334 Å². The molecule has 2 saturated heterocycles. The second-order valence-corrected chi connectivity index (χ2v) is 15.7. The van der Waals surface area contributed by atoms with Crippen LogP contribution in [0.1, 0.15) is 54.5 Å². The first kappa shape index (κ1) is 38.0. The number of aromatic nitrogens is 1. The maximum absolute atomic E-state index is 14.0. The van der Waals surface area contributed by atoms with Gasteiger partial charge in [-0.05, 0) is 94.8 Å². The number of benzene rings is 4. The Bertz CT molecular complexity index is 2290. The van der Waals surface area contributed by atoms with Gasteiger partial charge in [-0.25, -0.2) is 4.98 Å². The van der Waals surface area contributed by atoms with Crippen molar-refractivity contribution < 1.29 is 18.8 Å². The Hall–Kier alpha value is -5.91. The topological polar surface area (TPSA) is 115 Å². The summed E-state index contributed by atoms with van der Waals surface area (Å²) in [5.41, 5.74) is 7.09. The quantitative estimate of drug-likeness (QED) is 0.152. The Morgan fingerprint density at radius 1 is 0.737 bits per heavy atom. The Morgan fingerprint density at radius 2 is 1.39 bits per heavy atom. The van der Waals surface area contributed by atoms with Gasteiger partial charge < -0.3 is 19.5 Å². The third-order valence-corrected chi connectivity index (χ3v) is 11.4. The van der Waals surface area contributed by atoms with Gasteiger partial charge in [0, 0.05) is 42.0 Å². The van der Waals surface area contributed by atoms with Crippen LogP contribution in [0.15, 0.2) is 119 Å². The third kappa shape index (κ3) is 7.77. The molecule has 4 atom stereocenters. The lowest BCUT2D eigenvalue weighted by Crippen LogP contribution is -2.47. The van der Waals surface area contributed by atoms with Crippen molar-refractivity contribution in [1.82, 2.24) is 24.6 Å². The molecular formula is C46H49N7O4. The van der Waals surface area contributed by atoms with E-state index in [1.165, 1.54) is 0 Å². The summed E-state index contributed by atoms with van der Waals surface area (Å²) in [6.07, 6.45) is 5.60. The first-order valence-corrected chi connectivity index (χ1v) is 19.8. The summed E-state index contributed by atoms with van der Waals surface area (Å²) in [7, 11) is 7.68. The van der Waals surface area contributed by atoms with Gasteiger partial charge in [0.05, 0.1) is 17.9 Å². The summed E-state index contributed by atoms with van der Waals surface area (Å²) >= 11 is 0. The number of hydrogen-bond donors (Lipinski definition) is 1. The van der Waals surface area contributed by atoms with E-state index in [4.69, 9.17) is 9.41 Å². The summed E-state index contributed by atoms with van der Waals surface area (Å²) in [6.45, 7) is 1.25. The van der Waals surface area contributed by atoms with E-state index in [9.17, 15) is 14.4 Å². The second kappa shape index (κ2) is 16.3. The number of carbonyl (C=O) groups is 3. The Balaban J connectivity index is 0.949. The number of hydrogen-bond acceptors (Lipinski definition) is 8. The summed E-state index contributed by atoms with van der Waals surface area (Å²) < 4.78 is 6.29. The zero-order valence-corrected chi connectivity index (χ0v) is 33.0. The van der Waals surface area contributed by atoms with Crippen LogP contribution in [0.3, 0.4) is 0 Å². The molecule has 0 aliphatic carbocycles. The maximum Gasteiger partial charge on any atom is 0.247 e. The largest absolute Gasteiger partial charge is 0.436 e. The SMILES string of the molecule is CN(C)[C@@H](C(=O)N1CCC[C@H]1C(=O)Nc1cccc(-c2cnc(-c3ccc4c(c3)N=C([C@@H]3CCCN3C(=O)[C@@H](c3ccccc3)N(C)C)C4)o2)c1)c1ccccc1. The molecule has 0 radical (unpaired) electrons. The molecule has 1 N–H and O–H groups in total. The first-order valence-electron chi connectivity index (χ1n) is 19.8. The van der Waals surface area contributed by atoms with Crippen LogP contribution in [0.5, 0.6) is 0 Å². The van der Waals surface area contributed by atoms with Gasteiger partial charge in [0.25, 0.3) is 0 Å². The number of rotatable bonds is 11. The molecule has 57 heavy (non-hydrogen) atoms. The first-order chi connectivity index (χ1) is 27.7. The fraction of sp³-hybridized carbons (Fsp3) is 0.326. The zero-order valence-electron chi connectivity index (χ0n) is 33.0. The molecule has 0 spiro atoms. The van der Waals surface area contributed by atoms with Crippen LogP contribution >= 0.6 is 0 Å². The minimum absolute atomic E-state index is 0.0397. The summed E-state index contributed by atoms with van der Waals surface area (Å²) in [4.78, 5) is 58.9. The number of fused-ring (bicyclic) bond motifs is 1. The molecule has 2 fully saturated rings. The molecule has 3 aliphatic rings. The van der Waals surface area contributed by atoms with Crippen molar-refractivity contribution in [3.05, 3.63) is 126 Å². The van der Waals surface area contributed by atoms with E-state index in [2.05, 4.69) is 16.4 Å². The summed E-state index contributed by atoms with van der Waals surface area (Å²) in [6, 6.07) is 31.8. The fourth-order valence-electron chi connectivity index (χ4n) is 8.64.